The zero-order chi connectivity index (χ0) is 17.1. The summed E-state index contributed by atoms with van der Waals surface area (Å²) < 4.78 is 2.15. The fourth-order valence-corrected chi connectivity index (χ4v) is 2.74. The molecule has 4 nitrogen and oxygen atoms in total. The number of pyridine rings is 1. The van der Waals surface area contributed by atoms with Crippen LogP contribution in [0.3, 0.4) is 0 Å². The van der Waals surface area contributed by atoms with Crippen LogP contribution >= 0.6 is 11.6 Å². The number of nitrogens with one attached hydrogen (secondary N) is 1. The predicted octanol–water partition coefficient (Wildman–Crippen LogP) is 4.07. The van der Waals surface area contributed by atoms with E-state index in [9.17, 15) is 4.79 Å². The van der Waals surface area contributed by atoms with Gasteiger partial charge >= 0.3 is 0 Å². The van der Waals surface area contributed by atoms with Gasteiger partial charge in [0.1, 0.15) is 5.15 Å². The van der Waals surface area contributed by atoms with Gasteiger partial charge in [0.2, 0.25) is 0 Å². The molecule has 1 N–H and O–H groups in total. The highest BCUT2D eigenvalue weighted by Gasteiger charge is 2.08. The number of hydrogen-bond donors (Lipinski definition) is 1. The number of aryl methyl sites for hydroxylation is 2. The maximum absolute atomic E-state index is 12.3. The smallest absolute Gasteiger partial charge is 0.251 e. The third-order valence-corrected chi connectivity index (χ3v) is 4.12. The van der Waals surface area contributed by atoms with Crippen molar-refractivity contribution in [2.45, 2.75) is 20.4 Å². The summed E-state index contributed by atoms with van der Waals surface area (Å²) in [4.78, 5) is 16.2. The molecule has 0 fully saturated rings. The van der Waals surface area contributed by atoms with Crippen molar-refractivity contribution in [3.63, 3.8) is 0 Å². The molecule has 0 aliphatic carbocycles. The monoisotopic (exact) mass is 339 g/mol. The van der Waals surface area contributed by atoms with Crippen LogP contribution in [0.25, 0.3) is 5.69 Å². The van der Waals surface area contributed by atoms with Gasteiger partial charge in [-0.05, 0) is 61.9 Å². The molecule has 0 aliphatic rings. The number of rotatable bonds is 4. The van der Waals surface area contributed by atoms with E-state index in [1.54, 1.807) is 12.3 Å². The predicted molar refractivity (Wildman–Crippen MR) is 95.7 cm³/mol. The number of benzene rings is 1. The molecule has 0 atom stereocenters. The largest absolute Gasteiger partial charge is 0.348 e. The molecule has 3 rings (SSSR count). The van der Waals surface area contributed by atoms with Crippen molar-refractivity contribution in [3.8, 4) is 5.69 Å². The number of carbonyl (C=O) groups excluding carboxylic acids is 1. The first-order chi connectivity index (χ1) is 11.5. The van der Waals surface area contributed by atoms with Crippen LogP contribution in [0, 0.1) is 13.8 Å². The Morgan fingerprint density at radius 3 is 2.29 bits per heavy atom. The summed E-state index contributed by atoms with van der Waals surface area (Å²) >= 11 is 5.75. The second kappa shape index (κ2) is 6.89. The van der Waals surface area contributed by atoms with E-state index in [1.807, 2.05) is 30.3 Å². The highest BCUT2D eigenvalue weighted by atomic mass is 35.5. The lowest BCUT2D eigenvalue weighted by Gasteiger charge is -2.10. The zero-order valence-corrected chi connectivity index (χ0v) is 14.3. The minimum Gasteiger partial charge on any atom is -0.348 e. The second-order valence-electron chi connectivity index (χ2n) is 5.67. The molecule has 0 unspecified atom stereocenters. The first-order valence-corrected chi connectivity index (χ1v) is 8.06. The molecule has 0 spiro atoms. The molecule has 0 saturated heterocycles. The molecule has 1 aromatic carbocycles. The topological polar surface area (TPSA) is 46.9 Å². The van der Waals surface area contributed by atoms with E-state index in [0.29, 0.717) is 17.3 Å². The van der Waals surface area contributed by atoms with Crippen molar-refractivity contribution in [2.24, 2.45) is 0 Å². The maximum Gasteiger partial charge on any atom is 0.251 e. The molecule has 1 amide bonds. The van der Waals surface area contributed by atoms with E-state index in [2.05, 4.69) is 40.8 Å². The van der Waals surface area contributed by atoms with Crippen LogP contribution in [0.15, 0.2) is 54.7 Å². The van der Waals surface area contributed by atoms with E-state index in [1.165, 1.54) is 11.4 Å². The summed E-state index contributed by atoms with van der Waals surface area (Å²) in [5.41, 5.74) is 4.92. The van der Waals surface area contributed by atoms with Gasteiger partial charge in [-0.2, -0.15) is 0 Å². The minimum atomic E-state index is -0.113. The van der Waals surface area contributed by atoms with Crippen molar-refractivity contribution < 1.29 is 4.79 Å². The van der Waals surface area contributed by atoms with Crippen molar-refractivity contribution >= 4 is 17.5 Å². The molecule has 122 valence electrons. The van der Waals surface area contributed by atoms with Gasteiger partial charge in [0.05, 0.1) is 0 Å². The van der Waals surface area contributed by atoms with Crippen molar-refractivity contribution in [3.05, 3.63) is 82.4 Å². The van der Waals surface area contributed by atoms with E-state index >= 15 is 0 Å². The van der Waals surface area contributed by atoms with E-state index in [0.717, 1.165) is 11.3 Å². The van der Waals surface area contributed by atoms with Crippen molar-refractivity contribution in [1.82, 2.24) is 14.9 Å². The third-order valence-electron chi connectivity index (χ3n) is 3.90. The van der Waals surface area contributed by atoms with Gasteiger partial charge in [0.15, 0.2) is 0 Å². The lowest BCUT2D eigenvalue weighted by Crippen LogP contribution is -2.22. The molecule has 0 saturated carbocycles. The number of aromatic nitrogens is 2. The van der Waals surface area contributed by atoms with Crippen molar-refractivity contribution in [2.75, 3.05) is 0 Å². The lowest BCUT2D eigenvalue weighted by atomic mass is 10.2. The third kappa shape index (κ3) is 3.49. The Labute approximate surface area is 146 Å². The van der Waals surface area contributed by atoms with Crippen LogP contribution in [0.1, 0.15) is 27.3 Å². The summed E-state index contributed by atoms with van der Waals surface area (Å²) in [6, 6.07) is 15.3. The van der Waals surface area contributed by atoms with Gasteiger partial charge in [-0.1, -0.05) is 17.7 Å². The molecule has 0 bridgehead atoms. The Balaban J connectivity index is 1.69. The SMILES string of the molecule is Cc1ccc(C)n1-c1ccc(C(=O)NCc2ccc(Cl)nc2)cc1. The van der Waals surface area contributed by atoms with Crippen molar-refractivity contribution in [1.29, 1.82) is 0 Å². The number of hydrogen-bond acceptors (Lipinski definition) is 2. The highest BCUT2D eigenvalue weighted by molar-refractivity contribution is 6.29. The Morgan fingerprint density at radius 2 is 1.71 bits per heavy atom. The van der Waals surface area contributed by atoms with Crippen LogP contribution in [0.2, 0.25) is 5.15 Å². The van der Waals surface area contributed by atoms with Crippen LogP contribution < -0.4 is 5.32 Å². The van der Waals surface area contributed by atoms with Crippen LogP contribution in [-0.2, 0) is 6.54 Å². The van der Waals surface area contributed by atoms with E-state index < -0.39 is 0 Å². The molecule has 0 radical (unpaired) electrons. The minimum absolute atomic E-state index is 0.113. The number of nitrogens with zero attached hydrogens (tertiary/aromatic N) is 2. The summed E-state index contributed by atoms with van der Waals surface area (Å²) in [5.74, 6) is -0.113. The molecule has 2 aromatic heterocycles. The van der Waals surface area contributed by atoms with E-state index in [4.69, 9.17) is 11.6 Å². The van der Waals surface area contributed by atoms with Gasteiger partial charge < -0.3 is 9.88 Å². The number of carbonyl (C=O) groups is 1. The summed E-state index contributed by atoms with van der Waals surface area (Å²) in [7, 11) is 0. The molecule has 3 aromatic rings. The normalized spacial score (nSPS) is 10.6. The highest BCUT2D eigenvalue weighted by Crippen LogP contribution is 2.17. The molecule has 2 heterocycles. The standard InChI is InChI=1S/C19H18ClN3O/c1-13-3-4-14(2)23(13)17-8-6-16(7-9-17)19(24)22-12-15-5-10-18(20)21-11-15/h3-11H,12H2,1-2H3,(H,22,24). The Morgan fingerprint density at radius 1 is 1.04 bits per heavy atom. The maximum atomic E-state index is 12.3. The number of amides is 1. The van der Waals surface area contributed by atoms with Gasteiger partial charge in [-0.25, -0.2) is 4.98 Å². The summed E-state index contributed by atoms with van der Waals surface area (Å²) in [6.45, 7) is 4.54. The first-order valence-electron chi connectivity index (χ1n) is 7.68. The van der Waals surface area contributed by atoms with Crippen LogP contribution in [0.4, 0.5) is 0 Å². The summed E-state index contributed by atoms with van der Waals surface area (Å²) in [5, 5.41) is 3.32. The fourth-order valence-electron chi connectivity index (χ4n) is 2.63. The molecule has 5 heteroatoms. The van der Waals surface area contributed by atoms with Gasteiger partial charge in [0, 0.05) is 35.4 Å². The van der Waals surface area contributed by atoms with Crippen LogP contribution in [-0.4, -0.2) is 15.5 Å². The molecular weight excluding hydrogens is 322 g/mol. The van der Waals surface area contributed by atoms with E-state index in [-0.39, 0.29) is 5.91 Å². The molecule has 24 heavy (non-hydrogen) atoms. The molecular formula is C19H18ClN3O. The van der Waals surface area contributed by atoms with Gasteiger partial charge in [-0.3, -0.25) is 4.79 Å². The average molecular weight is 340 g/mol. The zero-order valence-electron chi connectivity index (χ0n) is 13.6. The second-order valence-corrected chi connectivity index (χ2v) is 6.06. The molecule has 0 aliphatic heterocycles. The Kier molecular flexibility index (Phi) is 4.67. The Bertz CT molecular complexity index is 832. The average Bonchev–Trinajstić information content (AvgIpc) is 2.93. The fraction of sp³-hybridized carbons (Fsp3) is 0.158. The number of halogens is 1. The van der Waals surface area contributed by atoms with Gasteiger partial charge in [0.25, 0.3) is 5.91 Å². The lowest BCUT2D eigenvalue weighted by molar-refractivity contribution is 0.0951. The van der Waals surface area contributed by atoms with Crippen LogP contribution in [0.5, 0.6) is 0 Å². The first kappa shape index (κ1) is 16.3. The summed E-state index contributed by atoms with van der Waals surface area (Å²) in [6.07, 6.45) is 1.66. The Hall–Kier alpha value is -2.59. The quantitative estimate of drug-likeness (QED) is 0.728. The van der Waals surface area contributed by atoms with Gasteiger partial charge in [-0.15, -0.1) is 0 Å².